The number of alkyl halides is 2. The molecular formula is C38H50F6O. The second kappa shape index (κ2) is 15.6. The van der Waals surface area contributed by atoms with Crippen LogP contribution in [0.25, 0.3) is 11.1 Å². The van der Waals surface area contributed by atoms with Crippen LogP contribution in [0, 0.1) is 58.8 Å². The van der Waals surface area contributed by atoms with E-state index in [1.54, 1.807) is 0 Å². The topological polar surface area (TPSA) is 9.23 Å². The lowest BCUT2D eigenvalue weighted by molar-refractivity contribution is -0.224. The van der Waals surface area contributed by atoms with Crippen molar-refractivity contribution in [2.75, 3.05) is 0 Å². The minimum absolute atomic E-state index is 0.231. The summed E-state index contributed by atoms with van der Waals surface area (Å²) in [4.78, 5) is 0. The fourth-order valence-electron chi connectivity index (χ4n) is 8.74. The molecule has 0 radical (unpaired) electrons. The van der Waals surface area contributed by atoms with Crippen LogP contribution in [0.15, 0.2) is 30.3 Å². The summed E-state index contributed by atoms with van der Waals surface area (Å²) >= 11 is 0. The first-order valence-electron chi connectivity index (χ1n) is 17.7. The molecule has 0 heterocycles. The molecule has 0 amide bonds. The van der Waals surface area contributed by atoms with Crippen LogP contribution in [-0.4, -0.2) is 6.11 Å². The van der Waals surface area contributed by atoms with E-state index in [2.05, 4.69) is 6.92 Å². The predicted octanol–water partition coefficient (Wildman–Crippen LogP) is 12.7. The SMILES string of the molecule is CCCCCCCC1CCC(C2CCC(C3CCC(C(F)(F)Oc4ccc(-c5cc(F)c(F)c(F)c5)c(F)c4)CC3)CC2)CC1. The molecule has 45 heavy (non-hydrogen) atoms. The number of halogens is 6. The van der Waals surface area contributed by atoms with Gasteiger partial charge in [-0.15, -0.1) is 0 Å². The summed E-state index contributed by atoms with van der Waals surface area (Å²) < 4.78 is 90.6. The maximum atomic E-state index is 15.2. The Balaban J connectivity index is 1.04. The van der Waals surface area contributed by atoms with Crippen LogP contribution in [0.3, 0.4) is 0 Å². The molecule has 1 nitrogen and oxygen atoms in total. The molecule has 3 aliphatic rings. The Morgan fingerprint density at radius 2 is 1.13 bits per heavy atom. The van der Waals surface area contributed by atoms with Crippen molar-refractivity contribution in [1.29, 1.82) is 0 Å². The first-order chi connectivity index (χ1) is 21.6. The van der Waals surface area contributed by atoms with Gasteiger partial charge in [-0.1, -0.05) is 58.3 Å². The van der Waals surface area contributed by atoms with Crippen molar-refractivity contribution in [2.45, 2.75) is 129 Å². The van der Waals surface area contributed by atoms with Crippen molar-refractivity contribution < 1.29 is 31.1 Å². The third-order valence-corrected chi connectivity index (χ3v) is 11.5. The quantitative estimate of drug-likeness (QED) is 0.128. The molecule has 0 spiro atoms. The Labute approximate surface area is 265 Å². The number of rotatable bonds is 12. The molecule has 7 heteroatoms. The van der Waals surface area contributed by atoms with Crippen molar-refractivity contribution >= 4 is 0 Å². The van der Waals surface area contributed by atoms with Crippen LogP contribution in [-0.2, 0) is 0 Å². The zero-order valence-corrected chi connectivity index (χ0v) is 26.8. The van der Waals surface area contributed by atoms with Gasteiger partial charge in [0.2, 0.25) is 0 Å². The van der Waals surface area contributed by atoms with Crippen LogP contribution in [0.4, 0.5) is 26.3 Å². The molecule has 250 valence electrons. The molecule has 0 unspecified atom stereocenters. The normalized spacial score (nSPS) is 27.8. The van der Waals surface area contributed by atoms with Crippen LogP contribution >= 0.6 is 0 Å². The Kier molecular flexibility index (Phi) is 11.8. The molecule has 2 aromatic rings. The molecular weight excluding hydrogens is 586 g/mol. The maximum Gasteiger partial charge on any atom is 0.400 e. The third kappa shape index (κ3) is 8.80. The van der Waals surface area contributed by atoms with E-state index >= 15 is 8.78 Å². The van der Waals surface area contributed by atoms with Gasteiger partial charge in [0.15, 0.2) is 17.5 Å². The summed E-state index contributed by atoms with van der Waals surface area (Å²) in [5.74, 6) is -3.10. The van der Waals surface area contributed by atoms with Crippen molar-refractivity contribution in [3.63, 3.8) is 0 Å². The van der Waals surface area contributed by atoms with Gasteiger partial charge in [0.05, 0.1) is 5.92 Å². The second-order valence-corrected chi connectivity index (χ2v) is 14.3. The van der Waals surface area contributed by atoms with Gasteiger partial charge in [0.25, 0.3) is 0 Å². The zero-order chi connectivity index (χ0) is 32.0. The molecule has 0 bridgehead atoms. The van der Waals surface area contributed by atoms with Crippen LogP contribution in [0.2, 0.25) is 0 Å². The number of hydrogen-bond acceptors (Lipinski definition) is 1. The molecule has 0 atom stereocenters. The van der Waals surface area contributed by atoms with Crippen LogP contribution < -0.4 is 4.74 Å². The largest absolute Gasteiger partial charge is 0.432 e. The Morgan fingerprint density at radius 3 is 1.67 bits per heavy atom. The van der Waals surface area contributed by atoms with E-state index in [-0.39, 0.29) is 16.9 Å². The molecule has 0 saturated heterocycles. The fraction of sp³-hybridized carbons (Fsp3) is 0.684. The summed E-state index contributed by atoms with van der Waals surface area (Å²) in [5.41, 5.74) is -0.468. The highest BCUT2D eigenvalue weighted by Crippen LogP contribution is 2.48. The van der Waals surface area contributed by atoms with Gasteiger partial charge in [0.1, 0.15) is 11.6 Å². The van der Waals surface area contributed by atoms with Crippen molar-refractivity contribution in [1.82, 2.24) is 0 Å². The summed E-state index contributed by atoms with van der Waals surface area (Å²) in [6, 6.07) is 4.38. The average molecular weight is 637 g/mol. The van der Waals surface area contributed by atoms with E-state index in [4.69, 9.17) is 4.74 Å². The molecule has 3 aliphatic carbocycles. The Hall–Kier alpha value is -2.18. The summed E-state index contributed by atoms with van der Waals surface area (Å²) in [6.07, 6.45) is 17.7. The van der Waals surface area contributed by atoms with Gasteiger partial charge in [-0.2, -0.15) is 8.78 Å². The van der Waals surface area contributed by atoms with Gasteiger partial charge in [-0.05, 0) is 124 Å². The highest BCUT2D eigenvalue weighted by Gasteiger charge is 2.45. The van der Waals surface area contributed by atoms with Gasteiger partial charge in [-0.25, -0.2) is 17.6 Å². The average Bonchev–Trinajstić information content (AvgIpc) is 3.04. The number of ether oxygens (including phenoxy) is 1. The monoisotopic (exact) mass is 636 g/mol. The van der Waals surface area contributed by atoms with Gasteiger partial charge in [-0.3, -0.25) is 0 Å². The lowest BCUT2D eigenvalue weighted by Gasteiger charge is -2.42. The highest BCUT2D eigenvalue weighted by atomic mass is 19.3. The van der Waals surface area contributed by atoms with Gasteiger partial charge < -0.3 is 4.74 Å². The van der Waals surface area contributed by atoms with E-state index in [0.717, 1.165) is 48.8 Å². The van der Waals surface area contributed by atoms with Gasteiger partial charge >= 0.3 is 6.11 Å². The lowest BCUT2D eigenvalue weighted by atomic mass is 9.65. The molecule has 3 saturated carbocycles. The predicted molar refractivity (Wildman–Crippen MR) is 167 cm³/mol. The summed E-state index contributed by atoms with van der Waals surface area (Å²) in [7, 11) is 0. The van der Waals surface area contributed by atoms with Crippen LogP contribution in [0.1, 0.15) is 122 Å². The van der Waals surface area contributed by atoms with E-state index in [0.29, 0.717) is 36.8 Å². The maximum absolute atomic E-state index is 15.2. The summed E-state index contributed by atoms with van der Waals surface area (Å²) in [5, 5.41) is 0. The first-order valence-corrected chi connectivity index (χ1v) is 17.7. The smallest absolute Gasteiger partial charge is 0.400 e. The van der Waals surface area contributed by atoms with Crippen molar-refractivity contribution in [3.05, 3.63) is 53.6 Å². The number of benzene rings is 2. The van der Waals surface area contributed by atoms with Gasteiger partial charge in [0, 0.05) is 11.6 Å². The molecule has 0 N–H and O–H groups in total. The van der Waals surface area contributed by atoms with Crippen molar-refractivity contribution in [2.24, 2.45) is 35.5 Å². The second-order valence-electron chi connectivity index (χ2n) is 14.3. The molecule has 0 aliphatic heterocycles. The minimum atomic E-state index is -3.46. The minimum Gasteiger partial charge on any atom is -0.432 e. The summed E-state index contributed by atoms with van der Waals surface area (Å²) in [6.45, 7) is 2.27. The Morgan fingerprint density at radius 1 is 0.622 bits per heavy atom. The fourth-order valence-corrected chi connectivity index (χ4v) is 8.74. The van der Waals surface area contributed by atoms with E-state index in [1.807, 2.05) is 0 Å². The standard InChI is InChI=1S/C38H50F6O/c1-2-3-4-5-6-7-25-8-10-26(11-9-25)27-12-14-28(15-13-27)29-16-18-31(19-17-29)38(43,44)45-32-20-21-33(34(39)24-32)30-22-35(40)37(42)36(41)23-30/h20-29,31H,2-19H2,1H3. The molecule has 2 aromatic carbocycles. The van der Waals surface area contributed by atoms with E-state index in [1.165, 1.54) is 89.9 Å². The number of hydrogen-bond donors (Lipinski definition) is 0. The Bertz CT molecular complexity index is 1200. The zero-order valence-electron chi connectivity index (χ0n) is 26.8. The number of unbranched alkanes of at least 4 members (excludes halogenated alkanes) is 4. The lowest BCUT2D eigenvalue weighted by Crippen LogP contribution is -2.38. The molecule has 3 fully saturated rings. The molecule has 5 rings (SSSR count). The van der Waals surface area contributed by atoms with Crippen LogP contribution in [0.5, 0.6) is 5.75 Å². The highest BCUT2D eigenvalue weighted by molar-refractivity contribution is 5.65. The van der Waals surface area contributed by atoms with E-state index < -0.39 is 35.3 Å². The molecule has 0 aromatic heterocycles. The first kappa shape index (κ1) is 34.2. The third-order valence-electron chi connectivity index (χ3n) is 11.5. The van der Waals surface area contributed by atoms with E-state index in [9.17, 15) is 17.6 Å². The van der Waals surface area contributed by atoms with Crippen molar-refractivity contribution in [3.8, 4) is 16.9 Å².